The van der Waals surface area contributed by atoms with Gasteiger partial charge in [0.2, 0.25) is 11.8 Å². The van der Waals surface area contributed by atoms with Gasteiger partial charge in [0.25, 0.3) is 0 Å². The lowest BCUT2D eigenvalue weighted by Crippen LogP contribution is -2.46. The van der Waals surface area contributed by atoms with Crippen molar-refractivity contribution in [1.29, 1.82) is 0 Å². The van der Waals surface area contributed by atoms with E-state index in [4.69, 9.17) is 10.5 Å². The highest BCUT2D eigenvalue weighted by molar-refractivity contribution is 6.39. The molecule has 2 atom stereocenters. The minimum atomic E-state index is -0.798. The molecule has 3 heterocycles. The van der Waals surface area contributed by atoms with Crippen LogP contribution in [0.3, 0.4) is 0 Å². The first-order valence-electron chi connectivity index (χ1n) is 9.25. The molecule has 9 heteroatoms. The summed E-state index contributed by atoms with van der Waals surface area (Å²) in [6, 6.07) is 4.72. The average Bonchev–Trinajstić information content (AvgIpc) is 2.73. The van der Waals surface area contributed by atoms with Gasteiger partial charge in [-0.25, -0.2) is 4.98 Å². The lowest BCUT2D eigenvalue weighted by atomic mass is 9.90. The molecule has 0 saturated carbocycles. The summed E-state index contributed by atoms with van der Waals surface area (Å²) < 4.78 is 5.18. The van der Waals surface area contributed by atoms with Gasteiger partial charge in [0.15, 0.2) is 0 Å². The first kappa shape index (κ1) is 20.2. The van der Waals surface area contributed by atoms with Crippen LogP contribution >= 0.6 is 0 Å². The number of nitrogens with one attached hydrogen (secondary N) is 1. The van der Waals surface area contributed by atoms with E-state index in [-0.39, 0.29) is 23.2 Å². The number of amides is 3. The third-order valence-electron chi connectivity index (χ3n) is 4.91. The Hall–Kier alpha value is -3.49. The van der Waals surface area contributed by atoms with E-state index in [9.17, 15) is 14.4 Å². The number of nitrogens with zero attached hydrogens (tertiary/aromatic N) is 3. The molecule has 0 radical (unpaired) electrons. The predicted molar refractivity (Wildman–Crippen MR) is 105 cm³/mol. The lowest BCUT2D eigenvalue weighted by Gasteiger charge is -2.38. The van der Waals surface area contributed by atoms with Crippen molar-refractivity contribution in [2.24, 2.45) is 11.7 Å². The summed E-state index contributed by atoms with van der Waals surface area (Å²) in [6.45, 7) is 2.50. The molecule has 3 amide bonds. The molecule has 0 bridgehead atoms. The number of piperidine rings is 1. The SMILES string of the molecule is COc1cc([C@@H]2CC[C@@H](C)CN2C(=O)C(=O)Nc2cncc(C(N)=O)c2)ccn1. The number of hydrogen-bond donors (Lipinski definition) is 2. The van der Waals surface area contributed by atoms with E-state index >= 15 is 0 Å². The van der Waals surface area contributed by atoms with Gasteiger partial charge in [-0.3, -0.25) is 19.4 Å². The van der Waals surface area contributed by atoms with E-state index in [1.807, 2.05) is 13.0 Å². The van der Waals surface area contributed by atoms with Crippen LogP contribution < -0.4 is 15.8 Å². The van der Waals surface area contributed by atoms with E-state index in [1.165, 1.54) is 25.6 Å². The average molecular weight is 397 g/mol. The van der Waals surface area contributed by atoms with Crippen LogP contribution in [0, 0.1) is 5.92 Å². The molecule has 152 valence electrons. The zero-order valence-corrected chi connectivity index (χ0v) is 16.3. The molecule has 0 aliphatic carbocycles. The number of carbonyl (C=O) groups excluding carboxylic acids is 3. The second-order valence-electron chi connectivity index (χ2n) is 7.07. The molecular weight excluding hydrogens is 374 g/mol. The predicted octanol–water partition coefficient (Wildman–Crippen LogP) is 1.52. The highest BCUT2D eigenvalue weighted by Crippen LogP contribution is 2.34. The van der Waals surface area contributed by atoms with Crippen LogP contribution in [-0.4, -0.2) is 46.2 Å². The summed E-state index contributed by atoms with van der Waals surface area (Å²) in [7, 11) is 1.53. The quantitative estimate of drug-likeness (QED) is 0.753. The maximum absolute atomic E-state index is 13.0. The monoisotopic (exact) mass is 397 g/mol. The topological polar surface area (TPSA) is 128 Å². The van der Waals surface area contributed by atoms with Gasteiger partial charge in [-0.05, 0) is 36.5 Å². The highest BCUT2D eigenvalue weighted by Gasteiger charge is 2.34. The number of rotatable bonds is 4. The molecule has 0 unspecified atom stereocenters. The number of carbonyl (C=O) groups is 3. The van der Waals surface area contributed by atoms with Crippen molar-refractivity contribution >= 4 is 23.4 Å². The van der Waals surface area contributed by atoms with Gasteiger partial charge in [-0.15, -0.1) is 0 Å². The van der Waals surface area contributed by atoms with Gasteiger partial charge in [-0.2, -0.15) is 0 Å². The Morgan fingerprint density at radius 2 is 2.03 bits per heavy atom. The van der Waals surface area contributed by atoms with Gasteiger partial charge in [0.05, 0.1) is 30.6 Å². The van der Waals surface area contributed by atoms with E-state index in [2.05, 4.69) is 15.3 Å². The van der Waals surface area contributed by atoms with Crippen molar-refractivity contribution in [1.82, 2.24) is 14.9 Å². The normalized spacial score (nSPS) is 18.8. The Labute approximate surface area is 168 Å². The summed E-state index contributed by atoms with van der Waals surface area (Å²) >= 11 is 0. The largest absolute Gasteiger partial charge is 0.481 e. The summed E-state index contributed by atoms with van der Waals surface area (Å²) in [4.78, 5) is 46.4. The van der Waals surface area contributed by atoms with Crippen LogP contribution in [0.5, 0.6) is 5.88 Å². The van der Waals surface area contributed by atoms with Gasteiger partial charge in [0, 0.05) is 25.0 Å². The van der Waals surface area contributed by atoms with Crippen molar-refractivity contribution in [2.75, 3.05) is 19.0 Å². The van der Waals surface area contributed by atoms with E-state index in [0.29, 0.717) is 12.4 Å². The molecule has 1 saturated heterocycles. The van der Waals surface area contributed by atoms with Crippen LogP contribution in [0.2, 0.25) is 0 Å². The van der Waals surface area contributed by atoms with E-state index < -0.39 is 17.7 Å². The van der Waals surface area contributed by atoms with Gasteiger partial charge < -0.3 is 20.7 Å². The fourth-order valence-corrected chi connectivity index (χ4v) is 3.43. The molecule has 1 aliphatic rings. The minimum Gasteiger partial charge on any atom is -0.481 e. The summed E-state index contributed by atoms with van der Waals surface area (Å²) in [5.41, 5.74) is 6.46. The molecule has 3 N–H and O–H groups in total. The van der Waals surface area contributed by atoms with Crippen molar-refractivity contribution in [2.45, 2.75) is 25.8 Å². The Morgan fingerprint density at radius 3 is 2.76 bits per heavy atom. The number of pyridine rings is 2. The van der Waals surface area contributed by atoms with Crippen molar-refractivity contribution in [3.8, 4) is 5.88 Å². The molecule has 1 fully saturated rings. The first-order chi connectivity index (χ1) is 13.9. The number of likely N-dealkylation sites (tertiary alicyclic amines) is 1. The summed E-state index contributed by atoms with van der Waals surface area (Å²) in [5, 5.41) is 2.51. The Morgan fingerprint density at radius 1 is 1.24 bits per heavy atom. The molecular formula is C20H23N5O4. The minimum absolute atomic E-state index is 0.142. The van der Waals surface area contributed by atoms with E-state index in [0.717, 1.165) is 18.4 Å². The number of ether oxygens (including phenoxy) is 1. The number of aromatic nitrogens is 2. The van der Waals surface area contributed by atoms with Gasteiger partial charge in [-0.1, -0.05) is 6.92 Å². The van der Waals surface area contributed by atoms with Gasteiger partial charge in [0.1, 0.15) is 0 Å². The fourth-order valence-electron chi connectivity index (χ4n) is 3.43. The molecule has 1 aliphatic heterocycles. The zero-order chi connectivity index (χ0) is 21.0. The number of anilines is 1. The third-order valence-corrected chi connectivity index (χ3v) is 4.91. The molecule has 9 nitrogen and oxygen atoms in total. The Balaban J connectivity index is 1.81. The number of methoxy groups -OCH3 is 1. The summed E-state index contributed by atoms with van der Waals surface area (Å²) in [5.74, 6) is -1.40. The molecule has 0 spiro atoms. The molecule has 29 heavy (non-hydrogen) atoms. The van der Waals surface area contributed by atoms with Crippen LogP contribution in [0.15, 0.2) is 36.8 Å². The molecule has 2 aromatic rings. The van der Waals surface area contributed by atoms with Gasteiger partial charge >= 0.3 is 11.8 Å². The highest BCUT2D eigenvalue weighted by atomic mass is 16.5. The number of nitrogens with two attached hydrogens (primary N) is 1. The Bertz CT molecular complexity index is 933. The van der Waals surface area contributed by atoms with Crippen LogP contribution in [-0.2, 0) is 9.59 Å². The first-order valence-corrected chi connectivity index (χ1v) is 9.25. The smallest absolute Gasteiger partial charge is 0.313 e. The molecule has 3 rings (SSSR count). The standard InChI is InChI=1S/C20H23N5O4/c1-12-3-4-16(13-5-6-23-17(8-13)29-2)25(11-12)20(28)19(27)24-15-7-14(18(21)26)9-22-10-15/h5-10,12,16H,3-4,11H2,1-2H3,(H2,21,26)(H,24,27)/t12-,16+/m1/s1. The molecule has 2 aromatic heterocycles. The van der Waals surface area contributed by atoms with Crippen LogP contribution in [0.25, 0.3) is 0 Å². The zero-order valence-electron chi connectivity index (χ0n) is 16.3. The summed E-state index contributed by atoms with van der Waals surface area (Å²) in [6.07, 6.45) is 5.92. The number of hydrogen-bond acceptors (Lipinski definition) is 6. The van der Waals surface area contributed by atoms with Crippen molar-refractivity contribution in [3.63, 3.8) is 0 Å². The van der Waals surface area contributed by atoms with Crippen LogP contribution in [0.4, 0.5) is 5.69 Å². The maximum atomic E-state index is 13.0. The Kier molecular flexibility index (Phi) is 6.06. The van der Waals surface area contributed by atoms with Crippen LogP contribution in [0.1, 0.15) is 41.7 Å². The van der Waals surface area contributed by atoms with Crippen molar-refractivity contribution in [3.05, 3.63) is 47.9 Å². The third kappa shape index (κ3) is 4.68. The maximum Gasteiger partial charge on any atom is 0.313 e. The molecule has 0 aromatic carbocycles. The van der Waals surface area contributed by atoms with Crippen molar-refractivity contribution < 1.29 is 19.1 Å². The fraction of sp³-hybridized carbons (Fsp3) is 0.350. The second-order valence-corrected chi connectivity index (χ2v) is 7.07. The lowest BCUT2D eigenvalue weighted by molar-refractivity contribution is -0.146. The number of primary amides is 1. The van der Waals surface area contributed by atoms with E-state index in [1.54, 1.807) is 17.2 Å². The second kappa shape index (κ2) is 8.68.